The largest absolute Gasteiger partial charge is 1.00 e. The number of carbonyl (C=O) groups excluding carboxylic acids is 1. The number of aryl methyl sites for hydroxylation is 1. The molecule has 228 valence electrons. The third-order valence-electron chi connectivity index (χ3n) is 10.1. The zero-order valence-corrected chi connectivity index (χ0v) is 24.5. The van der Waals surface area contributed by atoms with Crippen LogP contribution in [0.1, 0.15) is 74.1 Å². The second-order valence-electron chi connectivity index (χ2n) is 12.3. The molecule has 4 atom stereocenters. The molecule has 0 bridgehead atoms. The summed E-state index contributed by atoms with van der Waals surface area (Å²) in [6.45, 7) is 6.15. The standard InChI is InChI=1S/C31H38F3N3O.CH4.2ClH/c1-20-6-7-25-23(14-20)16-35-18-30(25)19-36-17-26(30)29(38)37-13-10-22(24-4-2-3-5-27(24)32)15-28(37)21-8-11-31(33,34)12-9-21;;;/h2-7,14,21-22,26,28,35-36H,8-13,15-19H2,1H3;1H4;2*1H/t22-,26+,28+,30+;;;/m1.../s1. The van der Waals surface area contributed by atoms with Crippen molar-refractivity contribution in [1.82, 2.24) is 4.90 Å². The number of hydrogen-bond acceptors (Lipinski definition) is 1. The Hall–Kier alpha value is -1.80. The van der Waals surface area contributed by atoms with Gasteiger partial charge in [-0.15, -0.1) is 0 Å². The molecule has 1 saturated carbocycles. The Morgan fingerprint density at radius 1 is 1.00 bits per heavy atom. The maximum atomic E-state index is 14.8. The molecular formula is C32H44Cl2F3N3O. The van der Waals surface area contributed by atoms with Gasteiger partial charge in [-0.3, -0.25) is 4.79 Å². The number of quaternary nitrogens is 2. The predicted octanol–water partition coefficient (Wildman–Crippen LogP) is -2.11. The first kappa shape index (κ1) is 33.7. The first-order valence-electron chi connectivity index (χ1n) is 14.4. The van der Waals surface area contributed by atoms with Crippen molar-refractivity contribution in [3.8, 4) is 0 Å². The molecule has 4 aliphatic rings. The van der Waals surface area contributed by atoms with Gasteiger partial charge in [-0.05, 0) is 61.6 Å². The minimum atomic E-state index is -2.62. The van der Waals surface area contributed by atoms with Crippen molar-refractivity contribution in [2.75, 3.05) is 26.2 Å². The summed E-state index contributed by atoms with van der Waals surface area (Å²) in [4.78, 5) is 16.6. The number of rotatable bonds is 3. The van der Waals surface area contributed by atoms with Gasteiger partial charge < -0.3 is 40.3 Å². The summed E-state index contributed by atoms with van der Waals surface area (Å²) >= 11 is 0. The lowest BCUT2D eigenvalue weighted by Crippen LogP contribution is -3.00. The van der Waals surface area contributed by atoms with Crippen molar-refractivity contribution in [2.45, 2.75) is 82.7 Å². The predicted molar refractivity (Wildman–Crippen MR) is 146 cm³/mol. The van der Waals surface area contributed by atoms with Gasteiger partial charge in [0.2, 0.25) is 11.8 Å². The molecule has 6 rings (SSSR count). The highest BCUT2D eigenvalue weighted by atomic mass is 35.5. The van der Waals surface area contributed by atoms with Crippen LogP contribution >= 0.6 is 0 Å². The number of fused-ring (bicyclic) bond motifs is 2. The Labute approximate surface area is 255 Å². The maximum Gasteiger partial charge on any atom is 0.248 e. The van der Waals surface area contributed by atoms with E-state index in [-0.39, 0.29) is 86.0 Å². The lowest BCUT2D eigenvalue weighted by molar-refractivity contribution is -0.691. The molecule has 2 aromatic carbocycles. The van der Waals surface area contributed by atoms with Crippen molar-refractivity contribution in [3.63, 3.8) is 0 Å². The van der Waals surface area contributed by atoms with Gasteiger partial charge in [0.25, 0.3) is 0 Å². The topological polar surface area (TPSA) is 53.5 Å². The van der Waals surface area contributed by atoms with Crippen LogP contribution in [0.3, 0.4) is 0 Å². The number of alkyl halides is 2. The van der Waals surface area contributed by atoms with Crippen molar-refractivity contribution >= 4 is 5.91 Å². The van der Waals surface area contributed by atoms with Crippen LogP contribution in [-0.4, -0.2) is 49.0 Å². The van der Waals surface area contributed by atoms with Crippen LogP contribution in [0.4, 0.5) is 13.2 Å². The zero-order chi connectivity index (χ0) is 26.5. The minimum Gasteiger partial charge on any atom is -1.00 e. The van der Waals surface area contributed by atoms with Gasteiger partial charge >= 0.3 is 0 Å². The van der Waals surface area contributed by atoms with E-state index < -0.39 is 5.92 Å². The molecule has 2 saturated heterocycles. The van der Waals surface area contributed by atoms with E-state index in [0.717, 1.165) is 26.2 Å². The van der Waals surface area contributed by atoms with E-state index in [0.29, 0.717) is 37.8 Å². The lowest BCUT2D eigenvalue weighted by Gasteiger charge is -2.47. The van der Waals surface area contributed by atoms with Crippen molar-refractivity contribution in [2.24, 2.45) is 11.8 Å². The molecular weight excluding hydrogens is 570 g/mol. The summed E-state index contributed by atoms with van der Waals surface area (Å²) in [5.41, 5.74) is 4.36. The summed E-state index contributed by atoms with van der Waals surface area (Å²) in [6, 6.07) is 13.5. The molecule has 2 aromatic rings. The van der Waals surface area contributed by atoms with E-state index in [4.69, 9.17) is 0 Å². The second-order valence-corrected chi connectivity index (χ2v) is 12.3. The molecule has 3 fully saturated rings. The molecule has 3 heterocycles. The average Bonchev–Trinajstić information content (AvgIpc) is 3.32. The zero-order valence-electron chi connectivity index (χ0n) is 23.0. The molecule has 4 nitrogen and oxygen atoms in total. The summed E-state index contributed by atoms with van der Waals surface area (Å²) in [7, 11) is 0. The van der Waals surface area contributed by atoms with Gasteiger partial charge in [-0.2, -0.15) is 0 Å². The molecule has 1 spiro atoms. The number of benzene rings is 2. The number of carbonyl (C=O) groups is 1. The summed E-state index contributed by atoms with van der Waals surface area (Å²) in [6.07, 6.45) is 1.95. The Bertz CT molecular complexity index is 1200. The molecule has 0 aromatic heterocycles. The van der Waals surface area contributed by atoms with Crippen molar-refractivity contribution < 1.29 is 53.4 Å². The van der Waals surface area contributed by atoms with Crippen LogP contribution in [0.15, 0.2) is 42.5 Å². The molecule has 41 heavy (non-hydrogen) atoms. The summed E-state index contributed by atoms with van der Waals surface area (Å²) in [5.74, 6) is -2.76. The van der Waals surface area contributed by atoms with E-state index in [1.54, 1.807) is 6.07 Å². The number of nitrogens with zero attached hydrogens (tertiary/aromatic N) is 1. The van der Waals surface area contributed by atoms with Crippen LogP contribution < -0.4 is 35.4 Å². The Morgan fingerprint density at radius 2 is 1.71 bits per heavy atom. The summed E-state index contributed by atoms with van der Waals surface area (Å²) in [5, 5.41) is 4.62. The quantitative estimate of drug-likeness (QED) is 0.409. The smallest absolute Gasteiger partial charge is 0.248 e. The third kappa shape index (κ3) is 6.29. The monoisotopic (exact) mass is 613 g/mol. The Balaban J connectivity index is 0.00000154. The van der Waals surface area contributed by atoms with E-state index in [1.807, 2.05) is 12.1 Å². The van der Waals surface area contributed by atoms with Gasteiger partial charge in [0.15, 0.2) is 0 Å². The normalized spacial score (nSPS) is 29.1. The molecule has 1 aliphatic carbocycles. The average molecular weight is 615 g/mol. The molecule has 3 aliphatic heterocycles. The van der Waals surface area contributed by atoms with Crippen LogP contribution in [0.5, 0.6) is 0 Å². The number of amides is 1. The maximum absolute atomic E-state index is 14.8. The highest BCUT2D eigenvalue weighted by Gasteiger charge is 2.57. The fourth-order valence-corrected chi connectivity index (χ4v) is 8.16. The van der Waals surface area contributed by atoms with Crippen LogP contribution in [0.25, 0.3) is 0 Å². The van der Waals surface area contributed by atoms with E-state index in [2.05, 4.69) is 40.7 Å². The van der Waals surface area contributed by atoms with Crippen LogP contribution in [0, 0.1) is 24.6 Å². The van der Waals surface area contributed by atoms with Gasteiger partial charge in [-0.25, -0.2) is 13.2 Å². The Kier molecular flexibility index (Phi) is 10.9. The van der Waals surface area contributed by atoms with Gasteiger partial charge in [0, 0.05) is 31.0 Å². The molecule has 9 heteroatoms. The highest BCUT2D eigenvalue weighted by molar-refractivity contribution is 5.82. The molecule has 0 radical (unpaired) electrons. The number of nitrogens with two attached hydrogens (primary N) is 2. The first-order valence-corrected chi connectivity index (χ1v) is 14.4. The second kappa shape index (κ2) is 13.2. The highest BCUT2D eigenvalue weighted by Crippen LogP contribution is 2.45. The number of likely N-dealkylation sites (tertiary alicyclic amines) is 1. The third-order valence-corrected chi connectivity index (χ3v) is 10.1. The molecule has 1 amide bonds. The van der Waals surface area contributed by atoms with Gasteiger partial charge in [0.1, 0.15) is 23.7 Å². The number of halogens is 5. The van der Waals surface area contributed by atoms with Gasteiger partial charge in [-0.1, -0.05) is 49.4 Å². The first-order chi connectivity index (χ1) is 18.3. The number of piperidine rings is 1. The number of hydrogen-bond donors (Lipinski definition) is 2. The molecule has 0 unspecified atom stereocenters. The van der Waals surface area contributed by atoms with Gasteiger partial charge in [0.05, 0.1) is 19.6 Å². The summed E-state index contributed by atoms with van der Waals surface area (Å²) < 4.78 is 43.0. The van der Waals surface area contributed by atoms with Crippen LogP contribution in [0.2, 0.25) is 0 Å². The molecule has 4 N–H and O–H groups in total. The Morgan fingerprint density at radius 3 is 2.44 bits per heavy atom. The fourth-order valence-electron chi connectivity index (χ4n) is 8.16. The lowest BCUT2D eigenvalue weighted by atomic mass is 9.67. The van der Waals surface area contributed by atoms with E-state index in [9.17, 15) is 18.0 Å². The minimum absolute atomic E-state index is 0. The van der Waals surface area contributed by atoms with E-state index >= 15 is 0 Å². The van der Waals surface area contributed by atoms with Crippen LogP contribution in [-0.2, 0) is 16.8 Å². The fraction of sp³-hybridized carbons (Fsp3) is 0.594. The SMILES string of the molecule is C.Cc1ccc2c(c1)C[NH2+]C[C@]21C[NH2+]C[C@H]1C(=O)N1CC[C@@H](c2ccccc2F)C[C@H]1C1CCC(F)(F)CC1.[Cl-].[Cl-]. The van der Waals surface area contributed by atoms with E-state index in [1.165, 1.54) is 22.8 Å². The van der Waals surface area contributed by atoms with Crippen molar-refractivity contribution in [3.05, 3.63) is 70.5 Å². The van der Waals surface area contributed by atoms with Crippen molar-refractivity contribution in [1.29, 1.82) is 0 Å².